The van der Waals surface area contributed by atoms with Gasteiger partial charge in [0.15, 0.2) is 0 Å². The molecule has 0 aromatic carbocycles. The van der Waals surface area contributed by atoms with Crippen molar-refractivity contribution in [1.82, 2.24) is 15.5 Å². The summed E-state index contributed by atoms with van der Waals surface area (Å²) >= 11 is 0. The monoisotopic (exact) mass is 397 g/mol. The second-order valence-corrected chi connectivity index (χ2v) is 7.23. The molecule has 1 amide bonds. The van der Waals surface area contributed by atoms with E-state index in [4.69, 9.17) is 9.47 Å². The molecule has 3 fully saturated rings. The Morgan fingerprint density at radius 3 is 2.48 bits per heavy atom. The molecular weight excluding hydrogens is 365 g/mol. The molecule has 3 rings (SSSR count). The van der Waals surface area contributed by atoms with Gasteiger partial charge in [-0.05, 0) is 12.8 Å². The first-order valence-electron chi connectivity index (χ1n) is 9.18. The third-order valence-electron chi connectivity index (χ3n) is 5.43. The summed E-state index contributed by atoms with van der Waals surface area (Å²) in [7, 11) is 0. The summed E-state index contributed by atoms with van der Waals surface area (Å²) in [5, 5.41) is 6.41. The van der Waals surface area contributed by atoms with E-state index in [1.54, 1.807) is 0 Å². The normalized spacial score (nSPS) is 26.8. The summed E-state index contributed by atoms with van der Waals surface area (Å²) in [6.45, 7) is 7.66. The van der Waals surface area contributed by atoms with Gasteiger partial charge < -0.3 is 20.1 Å². The van der Waals surface area contributed by atoms with Crippen molar-refractivity contribution < 1.29 is 14.3 Å². The summed E-state index contributed by atoms with van der Waals surface area (Å²) < 4.78 is 11.0. The predicted molar refractivity (Wildman–Crippen MR) is 103 cm³/mol. The van der Waals surface area contributed by atoms with Crippen LogP contribution < -0.4 is 10.6 Å². The second-order valence-electron chi connectivity index (χ2n) is 7.23. The molecule has 0 spiro atoms. The molecule has 1 saturated carbocycles. The molecule has 25 heavy (non-hydrogen) atoms. The highest BCUT2D eigenvalue weighted by Gasteiger charge is 2.35. The van der Waals surface area contributed by atoms with Crippen LogP contribution >= 0.6 is 24.8 Å². The van der Waals surface area contributed by atoms with E-state index in [0.29, 0.717) is 13.2 Å². The van der Waals surface area contributed by atoms with E-state index >= 15 is 0 Å². The Bertz CT molecular complexity index is 383. The van der Waals surface area contributed by atoms with Gasteiger partial charge in [0.25, 0.3) is 0 Å². The number of rotatable bonds is 5. The Morgan fingerprint density at radius 2 is 1.84 bits per heavy atom. The number of morpholine rings is 2. The van der Waals surface area contributed by atoms with E-state index in [1.807, 2.05) is 0 Å². The molecule has 0 aromatic heterocycles. The van der Waals surface area contributed by atoms with Gasteiger partial charge in [-0.2, -0.15) is 0 Å². The Balaban J connectivity index is 0.00000156. The van der Waals surface area contributed by atoms with Crippen LogP contribution in [-0.4, -0.2) is 76.0 Å². The SMILES string of the molecule is Cl.Cl.O=C(NCC1(CN2CCOCC2)CCCCC1)C1CNCCO1. The van der Waals surface area contributed by atoms with Gasteiger partial charge in [-0.15, -0.1) is 24.8 Å². The number of amides is 1. The molecule has 3 aliphatic rings. The van der Waals surface area contributed by atoms with Gasteiger partial charge in [-0.1, -0.05) is 19.3 Å². The minimum absolute atomic E-state index is 0. The van der Waals surface area contributed by atoms with Crippen molar-refractivity contribution >= 4 is 30.7 Å². The number of nitrogens with one attached hydrogen (secondary N) is 2. The van der Waals surface area contributed by atoms with Crippen LogP contribution in [0.1, 0.15) is 32.1 Å². The van der Waals surface area contributed by atoms with Crippen LogP contribution in [0.2, 0.25) is 0 Å². The summed E-state index contributed by atoms with van der Waals surface area (Å²) in [6, 6.07) is 0. The first-order chi connectivity index (χ1) is 11.3. The van der Waals surface area contributed by atoms with E-state index in [1.165, 1.54) is 32.1 Å². The first kappa shape index (κ1) is 22.9. The van der Waals surface area contributed by atoms with Crippen molar-refractivity contribution in [3.8, 4) is 0 Å². The molecule has 0 aromatic rings. The number of carbonyl (C=O) groups is 1. The number of halogens is 2. The summed E-state index contributed by atoms with van der Waals surface area (Å²) in [4.78, 5) is 14.9. The molecule has 8 heteroatoms. The highest BCUT2D eigenvalue weighted by atomic mass is 35.5. The molecule has 0 radical (unpaired) electrons. The van der Waals surface area contributed by atoms with Crippen LogP contribution in [-0.2, 0) is 14.3 Å². The second kappa shape index (κ2) is 11.6. The lowest BCUT2D eigenvalue weighted by atomic mass is 9.73. The Labute approximate surface area is 163 Å². The van der Waals surface area contributed by atoms with Gasteiger partial charge in [0.1, 0.15) is 6.10 Å². The van der Waals surface area contributed by atoms with Crippen molar-refractivity contribution in [2.24, 2.45) is 5.41 Å². The number of hydrogen-bond donors (Lipinski definition) is 2. The molecule has 6 nitrogen and oxygen atoms in total. The molecule has 1 unspecified atom stereocenters. The fraction of sp³-hybridized carbons (Fsp3) is 0.941. The first-order valence-corrected chi connectivity index (χ1v) is 9.18. The highest BCUT2D eigenvalue weighted by Crippen LogP contribution is 2.36. The van der Waals surface area contributed by atoms with Gasteiger partial charge in [-0.3, -0.25) is 9.69 Å². The van der Waals surface area contributed by atoms with Crippen LogP contribution in [0.15, 0.2) is 0 Å². The predicted octanol–water partition coefficient (Wildman–Crippen LogP) is 1.22. The summed E-state index contributed by atoms with van der Waals surface area (Å²) in [5.74, 6) is 0.0455. The number of ether oxygens (including phenoxy) is 2. The zero-order chi connectivity index (χ0) is 16.0. The van der Waals surface area contributed by atoms with Crippen molar-refractivity contribution in [1.29, 1.82) is 0 Å². The standard InChI is InChI=1S/C17H31N3O3.2ClH/c21-16(15-12-18-6-9-23-15)19-13-17(4-2-1-3-5-17)14-20-7-10-22-11-8-20;;/h15,18H,1-14H2,(H,19,21);2*1H. The topological polar surface area (TPSA) is 62.8 Å². The lowest BCUT2D eigenvalue weighted by molar-refractivity contribution is -0.135. The van der Waals surface area contributed by atoms with Crippen molar-refractivity contribution in [3.63, 3.8) is 0 Å². The molecule has 0 bridgehead atoms. The average molecular weight is 398 g/mol. The molecule has 2 N–H and O–H groups in total. The van der Waals surface area contributed by atoms with E-state index in [-0.39, 0.29) is 42.2 Å². The Morgan fingerprint density at radius 1 is 1.12 bits per heavy atom. The van der Waals surface area contributed by atoms with Gasteiger partial charge >= 0.3 is 0 Å². The van der Waals surface area contributed by atoms with Gasteiger partial charge in [0, 0.05) is 44.7 Å². The highest BCUT2D eigenvalue weighted by molar-refractivity contribution is 5.85. The molecule has 2 saturated heterocycles. The van der Waals surface area contributed by atoms with Crippen LogP contribution in [0.4, 0.5) is 0 Å². The third-order valence-corrected chi connectivity index (χ3v) is 5.43. The number of carbonyl (C=O) groups excluding carboxylic acids is 1. The molecule has 1 aliphatic carbocycles. The van der Waals surface area contributed by atoms with E-state index < -0.39 is 0 Å². The lowest BCUT2D eigenvalue weighted by Crippen LogP contribution is -2.53. The fourth-order valence-electron chi connectivity index (χ4n) is 4.05. The van der Waals surface area contributed by atoms with Crippen LogP contribution in [0.3, 0.4) is 0 Å². The van der Waals surface area contributed by atoms with Gasteiger partial charge in [0.2, 0.25) is 5.91 Å². The zero-order valence-electron chi connectivity index (χ0n) is 15.0. The smallest absolute Gasteiger partial charge is 0.250 e. The van der Waals surface area contributed by atoms with Gasteiger partial charge in [0.05, 0.1) is 19.8 Å². The minimum Gasteiger partial charge on any atom is -0.379 e. The Hall–Kier alpha value is -0.110. The maximum atomic E-state index is 12.4. The van der Waals surface area contributed by atoms with E-state index in [2.05, 4.69) is 15.5 Å². The van der Waals surface area contributed by atoms with E-state index in [0.717, 1.165) is 45.9 Å². The number of hydrogen-bond acceptors (Lipinski definition) is 5. The Kier molecular flexibility index (Phi) is 10.6. The largest absolute Gasteiger partial charge is 0.379 e. The minimum atomic E-state index is -0.326. The van der Waals surface area contributed by atoms with Crippen LogP contribution in [0, 0.1) is 5.41 Å². The molecule has 1 atom stereocenters. The summed E-state index contributed by atoms with van der Waals surface area (Å²) in [5.41, 5.74) is 0.230. The quantitative estimate of drug-likeness (QED) is 0.729. The van der Waals surface area contributed by atoms with Crippen molar-refractivity contribution in [3.05, 3.63) is 0 Å². The maximum Gasteiger partial charge on any atom is 0.250 e. The molecule has 2 aliphatic heterocycles. The average Bonchev–Trinajstić information content (AvgIpc) is 2.62. The summed E-state index contributed by atoms with van der Waals surface area (Å²) in [6.07, 6.45) is 5.99. The van der Waals surface area contributed by atoms with Crippen molar-refractivity contribution in [2.45, 2.75) is 38.2 Å². The molecular formula is C17H33Cl2N3O3. The van der Waals surface area contributed by atoms with E-state index in [9.17, 15) is 4.79 Å². The van der Waals surface area contributed by atoms with Crippen molar-refractivity contribution in [2.75, 3.05) is 59.1 Å². The third kappa shape index (κ3) is 6.85. The molecule has 148 valence electrons. The lowest BCUT2D eigenvalue weighted by Gasteiger charge is -2.42. The number of nitrogens with zero attached hydrogens (tertiary/aromatic N) is 1. The maximum absolute atomic E-state index is 12.4. The zero-order valence-corrected chi connectivity index (χ0v) is 16.6. The van der Waals surface area contributed by atoms with Crippen LogP contribution in [0.5, 0.6) is 0 Å². The van der Waals surface area contributed by atoms with Gasteiger partial charge in [-0.25, -0.2) is 0 Å². The van der Waals surface area contributed by atoms with Crippen LogP contribution in [0.25, 0.3) is 0 Å². The fourth-order valence-corrected chi connectivity index (χ4v) is 4.05. The molecule has 2 heterocycles.